The van der Waals surface area contributed by atoms with Crippen LogP contribution in [0, 0.1) is 0 Å². The molecule has 4 nitrogen and oxygen atoms in total. The number of halogens is 2. The predicted octanol–water partition coefficient (Wildman–Crippen LogP) is 3.63. The van der Waals surface area contributed by atoms with Crippen molar-refractivity contribution >= 4 is 35.8 Å². The molecule has 0 saturated heterocycles. The summed E-state index contributed by atoms with van der Waals surface area (Å²) < 4.78 is 5.24. The number of benzene rings is 1. The largest absolute Gasteiger partial charge is 0.339 e. The van der Waals surface area contributed by atoms with Crippen LogP contribution in [-0.2, 0) is 12.8 Å². The highest BCUT2D eigenvalue weighted by Gasteiger charge is 2.09. The van der Waals surface area contributed by atoms with Crippen molar-refractivity contribution in [2.24, 2.45) is 0 Å². The summed E-state index contributed by atoms with van der Waals surface area (Å²) in [7, 11) is 1.93. The van der Waals surface area contributed by atoms with Gasteiger partial charge in [-0.15, -0.1) is 24.2 Å². The third-order valence-electron chi connectivity index (χ3n) is 2.89. The molecule has 116 valence electrons. The number of aryl methyl sites for hydroxylation is 1. The first-order chi connectivity index (χ1) is 9.67. The average Bonchev–Trinajstić information content (AvgIpc) is 2.88. The van der Waals surface area contributed by atoms with E-state index in [1.54, 1.807) is 11.8 Å². The first kappa shape index (κ1) is 18.3. The zero-order chi connectivity index (χ0) is 14.4. The van der Waals surface area contributed by atoms with Crippen LogP contribution in [0.5, 0.6) is 0 Å². The van der Waals surface area contributed by atoms with Gasteiger partial charge in [0.1, 0.15) is 0 Å². The van der Waals surface area contributed by atoms with Crippen molar-refractivity contribution in [2.75, 3.05) is 12.8 Å². The van der Waals surface area contributed by atoms with Crippen molar-refractivity contribution in [1.82, 2.24) is 15.5 Å². The molecule has 0 aliphatic carbocycles. The highest BCUT2D eigenvalue weighted by atomic mass is 35.5. The van der Waals surface area contributed by atoms with E-state index in [1.807, 2.05) is 31.3 Å². The maximum absolute atomic E-state index is 5.85. The molecule has 2 rings (SSSR count). The van der Waals surface area contributed by atoms with E-state index in [9.17, 15) is 0 Å². The number of nitrogens with zero attached hydrogens (tertiary/aromatic N) is 2. The third kappa shape index (κ3) is 6.26. The van der Waals surface area contributed by atoms with E-state index in [0.717, 1.165) is 29.4 Å². The van der Waals surface area contributed by atoms with Gasteiger partial charge in [0.15, 0.2) is 5.82 Å². The van der Waals surface area contributed by atoms with E-state index in [4.69, 9.17) is 16.1 Å². The van der Waals surface area contributed by atoms with Gasteiger partial charge in [-0.3, -0.25) is 0 Å². The third-order valence-corrected chi connectivity index (χ3v) is 4.16. The fourth-order valence-corrected chi connectivity index (χ4v) is 2.60. The Bertz CT molecular complexity index is 533. The lowest BCUT2D eigenvalue weighted by Gasteiger charge is -2.04. The van der Waals surface area contributed by atoms with E-state index in [1.165, 1.54) is 4.90 Å². The first-order valence-corrected chi connectivity index (χ1v) is 7.91. The van der Waals surface area contributed by atoms with Crippen LogP contribution in [0.25, 0.3) is 0 Å². The van der Waals surface area contributed by atoms with Crippen LogP contribution in [0.3, 0.4) is 0 Å². The van der Waals surface area contributed by atoms with Gasteiger partial charge < -0.3 is 9.84 Å². The summed E-state index contributed by atoms with van der Waals surface area (Å²) in [5, 5.41) is 7.90. The highest BCUT2D eigenvalue weighted by Crippen LogP contribution is 2.21. The maximum Gasteiger partial charge on any atom is 0.227 e. The van der Waals surface area contributed by atoms with Gasteiger partial charge in [-0.25, -0.2) is 0 Å². The number of aromatic nitrogens is 2. The Labute approximate surface area is 140 Å². The van der Waals surface area contributed by atoms with Gasteiger partial charge in [0.25, 0.3) is 0 Å². The van der Waals surface area contributed by atoms with Crippen LogP contribution in [-0.4, -0.2) is 29.0 Å². The molecule has 2 aromatic rings. The van der Waals surface area contributed by atoms with Crippen molar-refractivity contribution in [2.45, 2.75) is 30.7 Å². The number of thioether (sulfide) groups is 1. The second-order valence-corrected chi connectivity index (χ2v) is 6.16. The van der Waals surface area contributed by atoms with E-state index < -0.39 is 0 Å². The monoisotopic (exact) mass is 347 g/mol. The molecule has 0 aliphatic heterocycles. The molecule has 1 N–H and O–H groups in total. The molecule has 21 heavy (non-hydrogen) atoms. The summed E-state index contributed by atoms with van der Waals surface area (Å²) in [6.07, 6.45) is 1.55. The molecule has 0 spiro atoms. The normalized spacial score (nSPS) is 12.0. The molecule has 0 saturated carbocycles. The van der Waals surface area contributed by atoms with Gasteiger partial charge >= 0.3 is 0 Å². The lowest BCUT2D eigenvalue weighted by Crippen LogP contribution is -2.24. The molecule has 1 atom stereocenters. The minimum absolute atomic E-state index is 0. The summed E-state index contributed by atoms with van der Waals surface area (Å²) >= 11 is 7.60. The molecule has 1 aromatic carbocycles. The van der Waals surface area contributed by atoms with Crippen molar-refractivity contribution in [3.05, 3.63) is 41.0 Å². The summed E-state index contributed by atoms with van der Waals surface area (Å²) in [4.78, 5) is 5.58. The molecule has 1 heterocycles. The molecule has 0 fully saturated rings. The number of hydrogen-bond acceptors (Lipinski definition) is 5. The quantitative estimate of drug-likeness (QED) is 0.775. The van der Waals surface area contributed by atoms with Crippen LogP contribution < -0.4 is 5.32 Å². The Morgan fingerprint density at radius 3 is 2.71 bits per heavy atom. The van der Waals surface area contributed by atoms with Crippen LogP contribution >= 0.6 is 35.8 Å². The Balaban J connectivity index is 0.00000220. The number of nitrogens with one attached hydrogen (secondary N) is 1. The SMILES string of the molecule is CNC(C)Cc1noc(CCSc2ccc(Cl)cc2)n1.Cl. The maximum atomic E-state index is 5.85. The van der Waals surface area contributed by atoms with Gasteiger partial charge in [-0.05, 0) is 38.2 Å². The van der Waals surface area contributed by atoms with Crippen LogP contribution in [0.1, 0.15) is 18.6 Å². The van der Waals surface area contributed by atoms with Gasteiger partial charge in [-0.2, -0.15) is 4.98 Å². The number of rotatable bonds is 7. The zero-order valence-corrected chi connectivity index (χ0v) is 14.4. The second-order valence-electron chi connectivity index (χ2n) is 4.55. The summed E-state index contributed by atoms with van der Waals surface area (Å²) in [6.45, 7) is 2.09. The molecular formula is C14H19Cl2N3OS. The Hall–Kier alpha value is -0.750. The smallest absolute Gasteiger partial charge is 0.227 e. The Morgan fingerprint density at radius 1 is 1.33 bits per heavy atom. The van der Waals surface area contributed by atoms with Crippen LogP contribution in [0.15, 0.2) is 33.7 Å². The standard InChI is InChI=1S/C14H18ClN3OS.ClH/c1-10(16-2)9-13-17-14(19-18-13)7-8-20-12-5-3-11(15)4-6-12;/h3-6,10,16H,7-9H2,1-2H3;1H. The Morgan fingerprint density at radius 2 is 2.05 bits per heavy atom. The number of likely N-dealkylation sites (N-methyl/N-ethyl adjacent to an activating group) is 1. The zero-order valence-electron chi connectivity index (χ0n) is 12.0. The fourth-order valence-electron chi connectivity index (χ4n) is 1.64. The van der Waals surface area contributed by atoms with Crippen molar-refractivity contribution in [3.8, 4) is 0 Å². The van der Waals surface area contributed by atoms with Gasteiger partial charge in [-0.1, -0.05) is 16.8 Å². The predicted molar refractivity (Wildman–Crippen MR) is 89.7 cm³/mol. The molecule has 7 heteroatoms. The summed E-state index contributed by atoms with van der Waals surface area (Å²) in [6, 6.07) is 8.17. The van der Waals surface area contributed by atoms with E-state index in [0.29, 0.717) is 11.9 Å². The molecular weight excluding hydrogens is 329 g/mol. The molecule has 1 aromatic heterocycles. The number of hydrogen-bond donors (Lipinski definition) is 1. The molecule has 1 unspecified atom stereocenters. The lowest BCUT2D eigenvalue weighted by atomic mass is 10.2. The molecule has 0 bridgehead atoms. The highest BCUT2D eigenvalue weighted by molar-refractivity contribution is 7.99. The summed E-state index contributed by atoms with van der Waals surface area (Å²) in [5.74, 6) is 2.37. The van der Waals surface area contributed by atoms with E-state index in [-0.39, 0.29) is 12.4 Å². The van der Waals surface area contributed by atoms with Crippen molar-refractivity contribution < 1.29 is 4.52 Å². The van der Waals surface area contributed by atoms with Gasteiger partial charge in [0.05, 0.1) is 0 Å². The fraction of sp³-hybridized carbons (Fsp3) is 0.429. The van der Waals surface area contributed by atoms with Crippen molar-refractivity contribution in [1.29, 1.82) is 0 Å². The van der Waals surface area contributed by atoms with E-state index in [2.05, 4.69) is 22.4 Å². The van der Waals surface area contributed by atoms with Crippen molar-refractivity contribution in [3.63, 3.8) is 0 Å². The topological polar surface area (TPSA) is 51.0 Å². The average molecular weight is 348 g/mol. The lowest BCUT2D eigenvalue weighted by molar-refractivity contribution is 0.375. The van der Waals surface area contributed by atoms with Crippen LogP contribution in [0.2, 0.25) is 5.02 Å². The molecule has 0 aliphatic rings. The van der Waals surface area contributed by atoms with E-state index >= 15 is 0 Å². The van der Waals surface area contributed by atoms with Crippen LogP contribution in [0.4, 0.5) is 0 Å². The first-order valence-electron chi connectivity index (χ1n) is 6.54. The second kappa shape index (κ2) is 9.30. The molecule has 0 radical (unpaired) electrons. The Kier molecular flexibility index (Phi) is 8.11. The van der Waals surface area contributed by atoms with Gasteiger partial charge in [0.2, 0.25) is 5.89 Å². The minimum atomic E-state index is 0. The van der Waals surface area contributed by atoms with Gasteiger partial charge in [0, 0.05) is 34.6 Å². The molecule has 0 amide bonds. The summed E-state index contributed by atoms with van der Waals surface area (Å²) in [5.41, 5.74) is 0. The minimum Gasteiger partial charge on any atom is -0.339 e.